The van der Waals surface area contributed by atoms with Crippen LogP contribution in [0, 0.1) is 13.8 Å². The molecule has 1 aliphatic heterocycles. The average Bonchev–Trinajstić information content (AvgIpc) is 2.70. The van der Waals surface area contributed by atoms with Gasteiger partial charge in [-0.15, -0.1) is 0 Å². The van der Waals surface area contributed by atoms with E-state index in [0.717, 1.165) is 24.0 Å². The average molecular weight is 408 g/mol. The molecule has 0 spiro atoms. The van der Waals surface area contributed by atoms with Crippen molar-refractivity contribution in [3.63, 3.8) is 0 Å². The molecule has 156 valence electrons. The van der Waals surface area contributed by atoms with Crippen molar-refractivity contribution in [2.24, 2.45) is 0 Å². The first-order valence-electron chi connectivity index (χ1n) is 10.3. The molecule has 1 heterocycles. The largest absolute Gasteiger partial charge is 0.342 e. The molecule has 1 saturated heterocycles. The summed E-state index contributed by atoms with van der Waals surface area (Å²) >= 11 is 0. The molecule has 0 aromatic heterocycles. The van der Waals surface area contributed by atoms with E-state index in [2.05, 4.69) is 4.90 Å². The number of carbonyl (C=O) groups is 1. The fourth-order valence-corrected chi connectivity index (χ4v) is 5.63. The number of benzene rings is 1. The first-order chi connectivity index (χ1) is 13.3. The summed E-state index contributed by atoms with van der Waals surface area (Å²) in [6, 6.07) is 5.66. The van der Waals surface area contributed by atoms with Crippen LogP contribution in [0.15, 0.2) is 23.1 Å². The predicted molar refractivity (Wildman–Crippen MR) is 111 cm³/mol. The Labute approximate surface area is 169 Å². The van der Waals surface area contributed by atoms with Crippen molar-refractivity contribution >= 4 is 15.9 Å². The summed E-state index contributed by atoms with van der Waals surface area (Å²) in [6.45, 7) is 6.32. The molecule has 0 unspecified atom stereocenters. The molecule has 28 heavy (non-hydrogen) atoms. The number of aryl methyl sites for hydroxylation is 2. The van der Waals surface area contributed by atoms with Gasteiger partial charge in [-0.05, 0) is 49.9 Å². The van der Waals surface area contributed by atoms with E-state index in [1.54, 1.807) is 16.4 Å². The zero-order chi connectivity index (χ0) is 20.3. The molecule has 3 rings (SSSR count). The molecule has 0 bridgehead atoms. The third-order valence-corrected chi connectivity index (χ3v) is 8.22. The van der Waals surface area contributed by atoms with Crippen LogP contribution in [0.4, 0.5) is 0 Å². The SMILES string of the molecule is Cc1ccc(S(=O)(=O)N2CCN(CC(=O)N(C)C3CCCCC3)CC2)cc1C. The third-order valence-electron chi connectivity index (χ3n) is 6.32. The molecule has 1 aliphatic carbocycles. The highest BCUT2D eigenvalue weighted by molar-refractivity contribution is 7.89. The fourth-order valence-electron chi connectivity index (χ4n) is 4.13. The van der Waals surface area contributed by atoms with Gasteiger partial charge in [0.2, 0.25) is 15.9 Å². The molecule has 0 atom stereocenters. The normalized spacial score (nSPS) is 20.2. The number of rotatable bonds is 5. The summed E-state index contributed by atoms with van der Waals surface area (Å²) in [5, 5.41) is 0. The number of hydrogen-bond donors (Lipinski definition) is 0. The predicted octanol–water partition coefficient (Wildman–Crippen LogP) is 2.40. The van der Waals surface area contributed by atoms with Crippen LogP contribution in [0.25, 0.3) is 0 Å². The maximum atomic E-state index is 12.9. The van der Waals surface area contributed by atoms with E-state index >= 15 is 0 Å². The molecule has 1 amide bonds. The zero-order valence-electron chi connectivity index (χ0n) is 17.4. The second-order valence-electron chi connectivity index (χ2n) is 8.22. The van der Waals surface area contributed by atoms with Gasteiger partial charge >= 0.3 is 0 Å². The number of carbonyl (C=O) groups excluding carboxylic acids is 1. The smallest absolute Gasteiger partial charge is 0.243 e. The summed E-state index contributed by atoms with van der Waals surface area (Å²) in [7, 11) is -1.56. The standard InChI is InChI=1S/C21H33N3O3S/c1-17-9-10-20(15-18(17)2)28(26,27)24-13-11-23(12-14-24)16-21(25)22(3)19-7-5-4-6-8-19/h9-10,15,19H,4-8,11-14,16H2,1-3H3. The topological polar surface area (TPSA) is 60.9 Å². The van der Waals surface area contributed by atoms with Crippen molar-refractivity contribution in [1.29, 1.82) is 0 Å². The van der Waals surface area contributed by atoms with Crippen LogP contribution >= 0.6 is 0 Å². The Kier molecular flexibility index (Phi) is 6.78. The summed E-state index contributed by atoms with van der Waals surface area (Å²) in [5.74, 6) is 0.150. The summed E-state index contributed by atoms with van der Waals surface area (Å²) in [4.78, 5) is 17.0. The Hall–Kier alpha value is -1.44. The van der Waals surface area contributed by atoms with Crippen LogP contribution in [-0.4, -0.2) is 74.2 Å². The number of nitrogens with zero attached hydrogens (tertiary/aromatic N) is 3. The molecular weight excluding hydrogens is 374 g/mol. The lowest BCUT2D eigenvalue weighted by atomic mass is 9.94. The summed E-state index contributed by atoms with van der Waals surface area (Å²) in [6.07, 6.45) is 5.89. The van der Waals surface area contributed by atoms with Crippen LogP contribution in [0.3, 0.4) is 0 Å². The highest BCUT2D eigenvalue weighted by Crippen LogP contribution is 2.23. The van der Waals surface area contributed by atoms with E-state index in [0.29, 0.717) is 43.7 Å². The lowest BCUT2D eigenvalue weighted by molar-refractivity contribution is -0.134. The zero-order valence-corrected chi connectivity index (χ0v) is 18.2. The van der Waals surface area contributed by atoms with Crippen LogP contribution < -0.4 is 0 Å². The maximum Gasteiger partial charge on any atom is 0.243 e. The molecule has 2 fully saturated rings. The molecule has 1 saturated carbocycles. The van der Waals surface area contributed by atoms with E-state index in [1.807, 2.05) is 31.9 Å². The molecular formula is C21H33N3O3S. The van der Waals surface area contributed by atoms with Gasteiger partial charge < -0.3 is 4.90 Å². The Morgan fingerprint density at radius 2 is 1.68 bits per heavy atom. The van der Waals surface area contributed by atoms with Gasteiger partial charge in [0, 0.05) is 39.3 Å². The van der Waals surface area contributed by atoms with Gasteiger partial charge in [-0.25, -0.2) is 8.42 Å². The molecule has 1 aromatic rings. The maximum absolute atomic E-state index is 12.9. The molecule has 7 heteroatoms. The van der Waals surface area contributed by atoms with Gasteiger partial charge in [-0.1, -0.05) is 25.3 Å². The van der Waals surface area contributed by atoms with Crippen LogP contribution in [0.2, 0.25) is 0 Å². The Morgan fingerprint density at radius 1 is 1.04 bits per heavy atom. The minimum atomic E-state index is -3.48. The summed E-state index contributed by atoms with van der Waals surface area (Å²) < 4.78 is 27.4. The number of likely N-dealkylation sites (N-methyl/N-ethyl adjacent to an activating group) is 1. The van der Waals surface area contributed by atoms with Gasteiger partial charge in [0.1, 0.15) is 0 Å². The fraction of sp³-hybridized carbons (Fsp3) is 0.667. The van der Waals surface area contributed by atoms with Crippen molar-refractivity contribution in [3.05, 3.63) is 29.3 Å². The van der Waals surface area contributed by atoms with E-state index in [1.165, 1.54) is 19.3 Å². The van der Waals surface area contributed by atoms with Gasteiger partial charge in [0.25, 0.3) is 0 Å². The molecule has 2 aliphatic rings. The number of piperazine rings is 1. The Morgan fingerprint density at radius 3 is 2.29 bits per heavy atom. The van der Waals surface area contributed by atoms with Crippen molar-refractivity contribution in [2.75, 3.05) is 39.8 Å². The Balaban J connectivity index is 1.55. The number of amides is 1. The highest BCUT2D eigenvalue weighted by Gasteiger charge is 2.30. The molecule has 0 radical (unpaired) electrons. The molecule has 0 N–H and O–H groups in total. The monoisotopic (exact) mass is 407 g/mol. The number of hydrogen-bond acceptors (Lipinski definition) is 4. The first kappa shape index (κ1) is 21.3. The third kappa shape index (κ3) is 4.75. The van der Waals surface area contributed by atoms with Crippen LogP contribution in [0.1, 0.15) is 43.2 Å². The van der Waals surface area contributed by atoms with Crippen molar-refractivity contribution in [2.45, 2.75) is 56.9 Å². The van der Waals surface area contributed by atoms with E-state index in [-0.39, 0.29) is 5.91 Å². The highest BCUT2D eigenvalue weighted by atomic mass is 32.2. The quantitative estimate of drug-likeness (QED) is 0.752. The Bertz CT molecular complexity index is 795. The molecule has 1 aromatic carbocycles. The lowest BCUT2D eigenvalue weighted by Gasteiger charge is -2.36. The summed E-state index contributed by atoms with van der Waals surface area (Å²) in [5.41, 5.74) is 2.07. The van der Waals surface area contributed by atoms with Crippen molar-refractivity contribution < 1.29 is 13.2 Å². The van der Waals surface area contributed by atoms with Gasteiger partial charge in [-0.2, -0.15) is 4.31 Å². The minimum Gasteiger partial charge on any atom is -0.342 e. The van der Waals surface area contributed by atoms with Gasteiger partial charge in [-0.3, -0.25) is 9.69 Å². The van der Waals surface area contributed by atoms with Crippen molar-refractivity contribution in [1.82, 2.24) is 14.1 Å². The second-order valence-corrected chi connectivity index (χ2v) is 10.2. The van der Waals surface area contributed by atoms with Gasteiger partial charge in [0.15, 0.2) is 0 Å². The van der Waals surface area contributed by atoms with Gasteiger partial charge in [0.05, 0.1) is 11.4 Å². The number of sulfonamides is 1. The van der Waals surface area contributed by atoms with E-state index in [4.69, 9.17) is 0 Å². The first-order valence-corrected chi connectivity index (χ1v) is 11.8. The second kappa shape index (κ2) is 8.93. The van der Waals surface area contributed by atoms with E-state index < -0.39 is 10.0 Å². The minimum absolute atomic E-state index is 0.150. The lowest BCUT2D eigenvalue weighted by Crippen LogP contribution is -2.52. The van der Waals surface area contributed by atoms with Crippen LogP contribution in [-0.2, 0) is 14.8 Å². The van der Waals surface area contributed by atoms with E-state index in [9.17, 15) is 13.2 Å². The van der Waals surface area contributed by atoms with Crippen LogP contribution in [0.5, 0.6) is 0 Å². The van der Waals surface area contributed by atoms with Crippen molar-refractivity contribution in [3.8, 4) is 0 Å². The molecule has 6 nitrogen and oxygen atoms in total.